The molecule has 132 valence electrons. The van der Waals surface area contributed by atoms with Gasteiger partial charge in [0.15, 0.2) is 0 Å². The summed E-state index contributed by atoms with van der Waals surface area (Å²) in [5.74, 6) is 0.618. The molecule has 0 unspecified atom stereocenters. The molecule has 1 aliphatic rings. The second-order valence-corrected chi connectivity index (χ2v) is 8.41. The number of piperidine rings is 1. The fourth-order valence-electron chi connectivity index (χ4n) is 4.16. The molecule has 0 amide bonds. The Morgan fingerprint density at radius 3 is 2.69 bits per heavy atom. The van der Waals surface area contributed by atoms with E-state index >= 15 is 0 Å². The van der Waals surface area contributed by atoms with Crippen LogP contribution in [-0.2, 0) is 6.54 Å². The number of thiazole rings is 1. The predicted octanol–water partition coefficient (Wildman–Crippen LogP) is 5.47. The number of aromatic amines is 1. The maximum absolute atomic E-state index is 4.89. The number of para-hydroxylation sites is 2. The maximum Gasteiger partial charge on any atom is 0.0970 e. The molecule has 0 saturated carbocycles. The Hall–Kier alpha value is -2.17. The first kappa shape index (κ1) is 16.0. The van der Waals surface area contributed by atoms with E-state index in [0.29, 0.717) is 5.92 Å². The van der Waals surface area contributed by atoms with Crippen molar-refractivity contribution < 1.29 is 0 Å². The van der Waals surface area contributed by atoms with Crippen molar-refractivity contribution in [2.75, 3.05) is 13.1 Å². The van der Waals surface area contributed by atoms with Crippen LogP contribution >= 0.6 is 11.3 Å². The first-order valence-electron chi connectivity index (χ1n) is 9.42. The fourth-order valence-corrected chi connectivity index (χ4v) is 5.30. The summed E-state index contributed by atoms with van der Waals surface area (Å²) >= 11 is 1.88. The Balaban J connectivity index is 1.30. The number of nitrogens with one attached hydrogen (secondary N) is 1. The lowest BCUT2D eigenvalue weighted by atomic mass is 9.97. The number of likely N-dealkylation sites (tertiary alicyclic amines) is 1. The summed E-state index contributed by atoms with van der Waals surface area (Å²) in [5.41, 5.74) is 5.17. The molecule has 1 N–H and O–H groups in total. The highest BCUT2D eigenvalue weighted by Gasteiger charge is 2.24. The smallest absolute Gasteiger partial charge is 0.0970 e. The quantitative estimate of drug-likeness (QED) is 0.525. The molecule has 0 aliphatic carbocycles. The van der Waals surface area contributed by atoms with Gasteiger partial charge in [-0.05, 0) is 56.6 Å². The predicted molar refractivity (Wildman–Crippen MR) is 110 cm³/mol. The zero-order valence-corrected chi connectivity index (χ0v) is 15.9. The molecular weight excluding hydrogens is 338 g/mol. The topological polar surface area (TPSA) is 31.9 Å². The van der Waals surface area contributed by atoms with Gasteiger partial charge in [-0.2, -0.15) is 0 Å². The van der Waals surface area contributed by atoms with Crippen molar-refractivity contribution in [3.05, 3.63) is 64.8 Å². The summed E-state index contributed by atoms with van der Waals surface area (Å²) in [6, 6.07) is 17.2. The molecule has 0 spiro atoms. The average Bonchev–Trinajstić information content (AvgIpc) is 3.24. The van der Waals surface area contributed by atoms with Gasteiger partial charge in [0.05, 0.1) is 15.2 Å². The number of nitrogens with zero attached hydrogens (tertiary/aromatic N) is 2. The van der Waals surface area contributed by atoms with Gasteiger partial charge in [0.25, 0.3) is 0 Å². The normalized spacial score (nSPS) is 16.7. The first-order chi connectivity index (χ1) is 12.8. The van der Waals surface area contributed by atoms with Crippen molar-refractivity contribution in [3.63, 3.8) is 0 Å². The molecule has 0 bridgehead atoms. The van der Waals surface area contributed by atoms with Crippen LogP contribution in [0.2, 0.25) is 0 Å². The number of hydrogen-bond donors (Lipinski definition) is 1. The van der Waals surface area contributed by atoms with Crippen LogP contribution in [0.5, 0.6) is 0 Å². The number of fused-ring (bicyclic) bond motifs is 2. The van der Waals surface area contributed by atoms with Crippen LogP contribution in [0.15, 0.2) is 48.5 Å². The fraction of sp³-hybridized carbons (Fsp3) is 0.318. The lowest BCUT2D eigenvalue weighted by Gasteiger charge is -2.31. The van der Waals surface area contributed by atoms with E-state index in [1.165, 1.54) is 44.7 Å². The highest BCUT2D eigenvalue weighted by atomic mass is 32.1. The van der Waals surface area contributed by atoms with Crippen LogP contribution in [0.1, 0.15) is 35.0 Å². The Bertz CT molecular complexity index is 1020. The zero-order chi connectivity index (χ0) is 17.5. The summed E-state index contributed by atoms with van der Waals surface area (Å²) in [4.78, 5) is 11.0. The van der Waals surface area contributed by atoms with Crippen LogP contribution < -0.4 is 0 Å². The maximum atomic E-state index is 4.89. The van der Waals surface area contributed by atoms with Crippen molar-refractivity contribution in [1.29, 1.82) is 0 Å². The second kappa shape index (κ2) is 6.53. The van der Waals surface area contributed by atoms with E-state index in [-0.39, 0.29) is 0 Å². The lowest BCUT2D eigenvalue weighted by Crippen LogP contribution is -2.32. The van der Waals surface area contributed by atoms with Crippen molar-refractivity contribution >= 4 is 32.5 Å². The molecule has 0 atom stereocenters. The summed E-state index contributed by atoms with van der Waals surface area (Å²) in [7, 11) is 0. The molecule has 1 saturated heterocycles. The van der Waals surface area contributed by atoms with Gasteiger partial charge in [0.2, 0.25) is 0 Å². The Morgan fingerprint density at radius 2 is 1.85 bits per heavy atom. The highest BCUT2D eigenvalue weighted by molar-refractivity contribution is 7.18. The second-order valence-electron chi connectivity index (χ2n) is 7.34. The Morgan fingerprint density at radius 1 is 1.08 bits per heavy atom. The molecule has 5 rings (SSSR count). The van der Waals surface area contributed by atoms with E-state index in [4.69, 9.17) is 4.98 Å². The molecule has 3 heterocycles. The third-order valence-corrected chi connectivity index (χ3v) is 6.85. The van der Waals surface area contributed by atoms with Gasteiger partial charge < -0.3 is 4.98 Å². The molecule has 4 aromatic rings. The summed E-state index contributed by atoms with van der Waals surface area (Å²) < 4.78 is 1.32. The minimum absolute atomic E-state index is 0.618. The van der Waals surface area contributed by atoms with E-state index in [0.717, 1.165) is 25.2 Å². The number of aromatic nitrogens is 2. The van der Waals surface area contributed by atoms with Gasteiger partial charge in [-0.3, -0.25) is 4.90 Å². The van der Waals surface area contributed by atoms with Crippen LogP contribution in [-0.4, -0.2) is 28.0 Å². The van der Waals surface area contributed by atoms with E-state index < -0.39 is 0 Å². The van der Waals surface area contributed by atoms with Gasteiger partial charge >= 0.3 is 0 Å². The molecule has 2 aromatic carbocycles. The van der Waals surface area contributed by atoms with Gasteiger partial charge in [0.1, 0.15) is 0 Å². The van der Waals surface area contributed by atoms with Crippen LogP contribution in [0.4, 0.5) is 0 Å². The van der Waals surface area contributed by atoms with Crippen molar-refractivity contribution in [2.24, 2.45) is 0 Å². The molecule has 0 radical (unpaired) electrons. The first-order valence-corrected chi connectivity index (χ1v) is 10.2. The van der Waals surface area contributed by atoms with Crippen molar-refractivity contribution in [1.82, 2.24) is 14.9 Å². The molecule has 26 heavy (non-hydrogen) atoms. The van der Waals surface area contributed by atoms with E-state index in [1.54, 1.807) is 0 Å². The largest absolute Gasteiger partial charge is 0.358 e. The van der Waals surface area contributed by atoms with Crippen molar-refractivity contribution in [3.8, 4) is 0 Å². The number of H-pyrrole nitrogens is 1. The minimum atomic E-state index is 0.618. The lowest BCUT2D eigenvalue weighted by molar-refractivity contribution is 0.205. The van der Waals surface area contributed by atoms with Gasteiger partial charge in [-0.15, -0.1) is 11.3 Å². The van der Waals surface area contributed by atoms with Crippen LogP contribution in [0, 0.1) is 6.92 Å². The van der Waals surface area contributed by atoms with Crippen LogP contribution in [0.25, 0.3) is 21.1 Å². The molecule has 1 aliphatic heterocycles. The summed E-state index contributed by atoms with van der Waals surface area (Å²) in [6.45, 7) is 5.55. The third-order valence-electron chi connectivity index (χ3n) is 5.66. The summed E-state index contributed by atoms with van der Waals surface area (Å²) in [6.07, 6.45) is 2.42. The average molecular weight is 362 g/mol. The van der Waals surface area contributed by atoms with E-state index in [2.05, 4.69) is 65.3 Å². The number of aryl methyl sites for hydroxylation is 1. The standard InChI is InChI=1S/C22H23N3S/c1-15-18(17-6-2-3-7-19(17)23-15)14-25-12-10-16(11-13-25)22-24-20-8-4-5-9-21(20)26-22/h2-9,16,23H,10-14H2,1H3. The third kappa shape index (κ3) is 2.83. The van der Waals surface area contributed by atoms with Crippen LogP contribution in [0.3, 0.4) is 0 Å². The highest BCUT2D eigenvalue weighted by Crippen LogP contribution is 2.34. The van der Waals surface area contributed by atoms with Gasteiger partial charge in [-0.25, -0.2) is 4.98 Å². The van der Waals surface area contributed by atoms with E-state index in [1.807, 2.05) is 11.3 Å². The number of benzene rings is 2. The number of rotatable bonds is 3. The van der Waals surface area contributed by atoms with Gasteiger partial charge in [0, 0.05) is 29.1 Å². The number of hydrogen-bond acceptors (Lipinski definition) is 3. The SMILES string of the molecule is Cc1[nH]c2ccccc2c1CN1CCC(c2nc3ccccc3s2)CC1. The molecule has 3 nitrogen and oxygen atoms in total. The molecule has 4 heteroatoms. The van der Waals surface area contributed by atoms with Gasteiger partial charge in [-0.1, -0.05) is 30.3 Å². The molecule has 1 fully saturated rings. The summed E-state index contributed by atoms with van der Waals surface area (Å²) in [5, 5.41) is 2.70. The van der Waals surface area contributed by atoms with E-state index in [9.17, 15) is 0 Å². The Kier molecular flexibility index (Phi) is 4.03. The zero-order valence-electron chi connectivity index (χ0n) is 15.0. The molecule has 2 aromatic heterocycles. The monoisotopic (exact) mass is 361 g/mol. The Labute approximate surface area is 157 Å². The van der Waals surface area contributed by atoms with Crippen molar-refractivity contribution in [2.45, 2.75) is 32.2 Å². The molecular formula is C22H23N3S. The minimum Gasteiger partial charge on any atom is -0.358 e.